The third-order valence-corrected chi connectivity index (χ3v) is 1.87. The summed E-state index contributed by atoms with van der Waals surface area (Å²) in [6.45, 7) is 1.64. The quantitative estimate of drug-likeness (QED) is 0.500. The Morgan fingerprint density at radius 2 is 1.58 bits per heavy atom. The summed E-state index contributed by atoms with van der Waals surface area (Å²) >= 11 is 0. The largest absolute Gasteiger partial charge is 0.394 e. The van der Waals surface area contributed by atoms with Crippen LogP contribution in [-0.4, -0.2) is 34.1 Å². The average molecular weight is 176 g/mol. The predicted octanol–water partition coefficient (Wildman–Crippen LogP) is 0.671. The SMILES string of the molecule is CC(O)CCCCCC(O)CO. The fraction of sp³-hybridized carbons (Fsp3) is 1.00. The Morgan fingerprint density at radius 3 is 2.08 bits per heavy atom. The molecule has 3 nitrogen and oxygen atoms in total. The molecule has 0 aliphatic rings. The normalized spacial score (nSPS) is 16.0. The number of unbranched alkanes of at least 4 members (excludes halogenated alkanes) is 2. The van der Waals surface area contributed by atoms with Gasteiger partial charge in [0, 0.05) is 0 Å². The first-order chi connectivity index (χ1) is 5.66. The lowest BCUT2D eigenvalue weighted by Gasteiger charge is -2.06. The smallest absolute Gasteiger partial charge is 0.0770 e. The van der Waals surface area contributed by atoms with Gasteiger partial charge in [-0.2, -0.15) is 0 Å². The Morgan fingerprint density at radius 1 is 1.00 bits per heavy atom. The third kappa shape index (κ3) is 7.98. The number of aliphatic hydroxyl groups excluding tert-OH is 3. The molecule has 0 saturated carbocycles. The number of aliphatic hydroxyl groups is 3. The number of hydrogen-bond acceptors (Lipinski definition) is 3. The minimum absolute atomic E-state index is 0.142. The van der Waals surface area contributed by atoms with Crippen molar-refractivity contribution in [1.82, 2.24) is 0 Å². The topological polar surface area (TPSA) is 60.7 Å². The van der Waals surface area contributed by atoms with E-state index in [0.717, 1.165) is 25.7 Å². The van der Waals surface area contributed by atoms with Crippen LogP contribution < -0.4 is 0 Å². The molecule has 0 saturated heterocycles. The van der Waals surface area contributed by atoms with E-state index in [1.54, 1.807) is 6.92 Å². The Hall–Kier alpha value is -0.120. The second-order valence-corrected chi connectivity index (χ2v) is 3.32. The maximum absolute atomic E-state index is 8.97. The van der Waals surface area contributed by atoms with Crippen molar-refractivity contribution in [2.24, 2.45) is 0 Å². The average Bonchev–Trinajstić information content (AvgIpc) is 2.03. The lowest BCUT2D eigenvalue weighted by atomic mass is 10.1. The summed E-state index contributed by atoms with van der Waals surface area (Å²) < 4.78 is 0. The van der Waals surface area contributed by atoms with Crippen LogP contribution in [-0.2, 0) is 0 Å². The summed E-state index contributed by atoms with van der Waals surface area (Å²) in [7, 11) is 0. The van der Waals surface area contributed by atoms with Crippen LogP contribution in [0.2, 0.25) is 0 Å². The van der Waals surface area contributed by atoms with Crippen molar-refractivity contribution < 1.29 is 15.3 Å². The standard InChI is InChI=1S/C9H20O3/c1-8(11)5-3-2-4-6-9(12)7-10/h8-12H,2-7H2,1H3. The molecule has 12 heavy (non-hydrogen) atoms. The molecule has 0 aliphatic heterocycles. The molecule has 0 rings (SSSR count). The molecule has 74 valence electrons. The minimum atomic E-state index is -0.559. The fourth-order valence-corrected chi connectivity index (χ4v) is 1.09. The summed E-state index contributed by atoms with van der Waals surface area (Å²) in [5, 5.41) is 26.4. The first kappa shape index (κ1) is 11.9. The molecule has 0 aliphatic carbocycles. The monoisotopic (exact) mass is 176 g/mol. The molecule has 0 radical (unpaired) electrons. The van der Waals surface area contributed by atoms with Gasteiger partial charge in [-0.3, -0.25) is 0 Å². The minimum Gasteiger partial charge on any atom is -0.394 e. The van der Waals surface area contributed by atoms with Crippen LogP contribution in [0.3, 0.4) is 0 Å². The summed E-state index contributed by atoms with van der Waals surface area (Å²) in [5.41, 5.74) is 0. The van der Waals surface area contributed by atoms with Crippen molar-refractivity contribution in [3.8, 4) is 0 Å². The fourth-order valence-electron chi connectivity index (χ4n) is 1.09. The van der Waals surface area contributed by atoms with E-state index < -0.39 is 6.10 Å². The summed E-state index contributed by atoms with van der Waals surface area (Å²) in [6.07, 6.45) is 3.65. The van der Waals surface area contributed by atoms with Crippen LogP contribution in [0.5, 0.6) is 0 Å². The first-order valence-corrected chi connectivity index (χ1v) is 4.63. The van der Waals surface area contributed by atoms with Crippen LogP contribution in [0.15, 0.2) is 0 Å². The number of hydrogen-bond donors (Lipinski definition) is 3. The van der Waals surface area contributed by atoms with Gasteiger partial charge in [0.05, 0.1) is 18.8 Å². The zero-order chi connectivity index (χ0) is 9.40. The third-order valence-electron chi connectivity index (χ3n) is 1.87. The van der Waals surface area contributed by atoms with Gasteiger partial charge in [-0.05, 0) is 19.8 Å². The van der Waals surface area contributed by atoms with Crippen molar-refractivity contribution in [1.29, 1.82) is 0 Å². The van der Waals surface area contributed by atoms with E-state index in [-0.39, 0.29) is 12.7 Å². The van der Waals surface area contributed by atoms with E-state index in [1.165, 1.54) is 0 Å². The van der Waals surface area contributed by atoms with Gasteiger partial charge in [0.2, 0.25) is 0 Å². The highest BCUT2D eigenvalue weighted by atomic mass is 16.3. The number of rotatable bonds is 7. The zero-order valence-corrected chi connectivity index (χ0v) is 7.74. The zero-order valence-electron chi connectivity index (χ0n) is 7.74. The van der Waals surface area contributed by atoms with Gasteiger partial charge in [-0.25, -0.2) is 0 Å². The highest BCUT2D eigenvalue weighted by Crippen LogP contribution is 2.07. The van der Waals surface area contributed by atoms with E-state index in [4.69, 9.17) is 15.3 Å². The van der Waals surface area contributed by atoms with Crippen molar-refractivity contribution in [2.45, 2.75) is 51.2 Å². The molecule has 0 aromatic rings. The molecular weight excluding hydrogens is 156 g/mol. The van der Waals surface area contributed by atoms with Gasteiger partial charge in [-0.1, -0.05) is 19.3 Å². The molecule has 0 bridgehead atoms. The van der Waals surface area contributed by atoms with E-state index in [1.807, 2.05) is 0 Å². The van der Waals surface area contributed by atoms with E-state index in [2.05, 4.69) is 0 Å². The van der Waals surface area contributed by atoms with Crippen LogP contribution >= 0.6 is 0 Å². The Kier molecular flexibility index (Phi) is 7.45. The molecule has 0 fully saturated rings. The van der Waals surface area contributed by atoms with E-state index >= 15 is 0 Å². The van der Waals surface area contributed by atoms with Gasteiger partial charge in [-0.15, -0.1) is 0 Å². The Bertz CT molecular complexity index is 93.8. The summed E-state index contributed by atoms with van der Waals surface area (Å²) in [5.74, 6) is 0. The van der Waals surface area contributed by atoms with Crippen LogP contribution in [0.25, 0.3) is 0 Å². The molecule has 3 heteroatoms. The highest BCUT2D eigenvalue weighted by Gasteiger charge is 2.01. The molecular formula is C9H20O3. The van der Waals surface area contributed by atoms with Crippen LogP contribution in [0.4, 0.5) is 0 Å². The molecule has 0 spiro atoms. The molecule has 3 N–H and O–H groups in total. The summed E-state index contributed by atoms with van der Waals surface area (Å²) in [4.78, 5) is 0. The van der Waals surface area contributed by atoms with Crippen LogP contribution in [0.1, 0.15) is 39.0 Å². The van der Waals surface area contributed by atoms with Crippen molar-refractivity contribution >= 4 is 0 Å². The van der Waals surface area contributed by atoms with Crippen molar-refractivity contribution in [3.63, 3.8) is 0 Å². The van der Waals surface area contributed by atoms with Crippen molar-refractivity contribution in [2.75, 3.05) is 6.61 Å². The molecule has 2 unspecified atom stereocenters. The Labute approximate surface area is 74.0 Å². The van der Waals surface area contributed by atoms with Gasteiger partial charge >= 0.3 is 0 Å². The maximum atomic E-state index is 8.97. The highest BCUT2D eigenvalue weighted by molar-refractivity contribution is 4.54. The second-order valence-electron chi connectivity index (χ2n) is 3.32. The first-order valence-electron chi connectivity index (χ1n) is 4.63. The van der Waals surface area contributed by atoms with Gasteiger partial charge in [0.15, 0.2) is 0 Å². The molecule has 2 atom stereocenters. The second kappa shape index (κ2) is 7.53. The van der Waals surface area contributed by atoms with Gasteiger partial charge < -0.3 is 15.3 Å². The Balaban J connectivity index is 3.00. The molecule has 0 amide bonds. The lowest BCUT2D eigenvalue weighted by Crippen LogP contribution is -2.11. The summed E-state index contributed by atoms with van der Waals surface area (Å²) in [6, 6.07) is 0. The molecule has 0 aromatic heterocycles. The maximum Gasteiger partial charge on any atom is 0.0770 e. The molecule has 0 aromatic carbocycles. The van der Waals surface area contributed by atoms with Gasteiger partial charge in [0.25, 0.3) is 0 Å². The molecule has 0 heterocycles. The predicted molar refractivity (Wildman–Crippen MR) is 47.9 cm³/mol. The van der Waals surface area contributed by atoms with E-state index in [9.17, 15) is 0 Å². The van der Waals surface area contributed by atoms with Crippen molar-refractivity contribution in [3.05, 3.63) is 0 Å². The lowest BCUT2D eigenvalue weighted by molar-refractivity contribution is 0.0856. The van der Waals surface area contributed by atoms with Crippen LogP contribution in [0, 0.1) is 0 Å². The van der Waals surface area contributed by atoms with Gasteiger partial charge in [0.1, 0.15) is 0 Å². The van der Waals surface area contributed by atoms with E-state index in [0.29, 0.717) is 6.42 Å².